The fraction of sp³-hybridized carbons (Fsp3) is 0.353. The third-order valence-electron chi connectivity index (χ3n) is 4.58. The van der Waals surface area contributed by atoms with Crippen LogP contribution in [-0.2, 0) is 11.3 Å². The first kappa shape index (κ1) is 14.7. The number of nitrogens with one attached hydrogen (secondary N) is 1. The Balaban J connectivity index is 1.43. The number of hydrogen-bond acceptors (Lipinski definition) is 4. The molecule has 124 valence electrons. The van der Waals surface area contributed by atoms with Gasteiger partial charge in [-0.15, -0.1) is 0 Å². The van der Waals surface area contributed by atoms with Gasteiger partial charge in [0.1, 0.15) is 12.3 Å². The van der Waals surface area contributed by atoms with E-state index in [1.54, 1.807) is 34.3 Å². The minimum absolute atomic E-state index is 0.0467. The first-order valence-electron chi connectivity index (χ1n) is 7.99. The number of carbonyl (C=O) groups is 2. The third-order valence-corrected chi connectivity index (χ3v) is 4.58. The molecule has 24 heavy (non-hydrogen) atoms. The maximum absolute atomic E-state index is 12.3. The fourth-order valence-corrected chi connectivity index (χ4v) is 3.23. The van der Waals surface area contributed by atoms with Crippen LogP contribution in [0.2, 0.25) is 0 Å². The molecule has 0 unspecified atom stereocenters. The Labute approximate surface area is 139 Å². The van der Waals surface area contributed by atoms with Crippen LogP contribution in [0.5, 0.6) is 5.75 Å². The number of piperidine rings is 1. The van der Waals surface area contributed by atoms with E-state index in [0.717, 1.165) is 0 Å². The van der Waals surface area contributed by atoms with Crippen LogP contribution in [0.3, 0.4) is 0 Å². The molecule has 0 atom stereocenters. The van der Waals surface area contributed by atoms with Gasteiger partial charge in [0, 0.05) is 38.3 Å². The maximum atomic E-state index is 12.3. The smallest absolute Gasteiger partial charge is 0.258 e. The Morgan fingerprint density at radius 2 is 2.08 bits per heavy atom. The van der Waals surface area contributed by atoms with E-state index in [0.29, 0.717) is 37.2 Å². The highest BCUT2D eigenvalue weighted by Crippen LogP contribution is 2.33. The quantitative estimate of drug-likeness (QED) is 0.894. The molecule has 0 radical (unpaired) electrons. The number of benzene rings is 1. The predicted molar refractivity (Wildman–Crippen MR) is 85.3 cm³/mol. The molecular weight excluding hydrogens is 308 g/mol. The molecule has 2 aliphatic heterocycles. The summed E-state index contributed by atoms with van der Waals surface area (Å²) >= 11 is 0. The number of carbonyl (C=O) groups excluding carboxylic acids is 2. The zero-order chi connectivity index (χ0) is 16.6. The minimum Gasteiger partial charge on any atom is -0.467 e. The number of ether oxygens (including phenoxy) is 1. The molecule has 1 spiro atoms. The molecule has 2 amide bonds. The van der Waals surface area contributed by atoms with E-state index in [9.17, 15) is 9.59 Å². The van der Waals surface area contributed by atoms with E-state index in [4.69, 9.17) is 4.74 Å². The summed E-state index contributed by atoms with van der Waals surface area (Å²) in [5.41, 5.74) is -0.154. The summed E-state index contributed by atoms with van der Waals surface area (Å²) in [4.78, 5) is 30.4. The van der Waals surface area contributed by atoms with Crippen molar-refractivity contribution in [2.75, 3.05) is 13.1 Å². The second-order valence-electron chi connectivity index (χ2n) is 6.16. The average molecular weight is 326 g/mol. The van der Waals surface area contributed by atoms with Crippen LogP contribution in [-0.4, -0.2) is 45.1 Å². The number of likely N-dealkylation sites (tertiary alicyclic amines) is 1. The van der Waals surface area contributed by atoms with Crippen molar-refractivity contribution >= 4 is 11.8 Å². The molecule has 0 bridgehead atoms. The number of rotatable bonds is 2. The lowest BCUT2D eigenvalue weighted by molar-refractivity contribution is -0.136. The van der Waals surface area contributed by atoms with Crippen LogP contribution in [0.25, 0.3) is 0 Å². The Bertz CT molecular complexity index is 764. The summed E-state index contributed by atoms with van der Waals surface area (Å²) < 4.78 is 7.83. The van der Waals surface area contributed by atoms with Crippen molar-refractivity contribution in [2.24, 2.45) is 0 Å². The van der Waals surface area contributed by atoms with Crippen molar-refractivity contribution in [2.45, 2.75) is 25.1 Å². The van der Waals surface area contributed by atoms with E-state index in [2.05, 4.69) is 10.3 Å². The highest BCUT2D eigenvalue weighted by atomic mass is 16.5. The average Bonchev–Trinajstić information content (AvgIpc) is 3.08. The SMILES string of the molecule is O=C1NC2(CCN(C(=O)Cn3ccnc3)CC2)Oc2ccccc21. The van der Waals surface area contributed by atoms with Gasteiger partial charge < -0.3 is 19.5 Å². The molecule has 2 aliphatic rings. The lowest BCUT2D eigenvalue weighted by Gasteiger charge is -2.44. The summed E-state index contributed by atoms with van der Waals surface area (Å²) in [7, 11) is 0. The molecule has 4 rings (SSSR count). The summed E-state index contributed by atoms with van der Waals surface area (Å²) in [6, 6.07) is 7.24. The fourth-order valence-electron chi connectivity index (χ4n) is 3.23. The molecule has 2 aromatic rings. The Hall–Kier alpha value is -2.83. The van der Waals surface area contributed by atoms with Gasteiger partial charge in [0.15, 0.2) is 5.72 Å². The van der Waals surface area contributed by atoms with Gasteiger partial charge in [-0.25, -0.2) is 4.98 Å². The molecule has 3 heterocycles. The highest BCUT2D eigenvalue weighted by Gasteiger charge is 2.43. The normalized spacial score (nSPS) is 18.7. The third kappa shape index (κ3) is 2.62. The number of nitrogens with zero attached hydrogens (tertiary/aromatic N) is 3. The highest BCUT2D eigenvalue weighted by molar-refractivity contribution is 5.98. The van der Waals surface area contributed by atoms with Gasteiger partial charge in [-0.2, -0.15) is 0 Å². The molecule has 0 aliphatic carbocycles. The maximum Gasteiger partial charge on any atom is 0.258 e. The standard InChI is InChI=1S/C17H18N4O3/c22-15(11-20-10-7-18-12-20)21-8-5-17(6-9-21)19-16(23)13-3-1-2-4-14(13)24-17/h1-4,7,10,12H,5-6,8-9,11H2,(H,19,23). The van der Waals surface area contributed by atoms with Crippen molar-refractivity contribution in [1.82, 2.24) is 19.8 Å². The van der Waals surface area contributed by atoms with Crippen LogP contribution in [0, 0.1) is 0 Å². The van der Waals surface area contributed by atoms with Crippen molar-refractivity contribution in [1.29, 1.82) is 0 Å². The van der Waals surface area contributed by atoms with Crippen LogP contribution in [0.1, 0.15) is 23.2 Å². The van der Waals surface area contributed by atoms with Gasteiger partial charge in [0.05, 0.1) is 11.9 Å². The number of aromatic nitrogens is 2. The van der Waals surface area contributed by atoms with E-state index >= 15 is 0 Å². The van der Waals surface area contributed by atoms with E-state index in [1.165, 1.54) is 0 Å². The van der Waals surface area contributed by atoms with Crippen LogP contribution >= 0.6 is 0 Å². The largest absolute Gasteiger partial charge is 0.467 e. The van der Waals surface area contributed by atoms with Crippen LogP contribution < -0.4 is 10.1 Å². The van der Waals surface area contributed by atoms with Crippen LogP contribution in [0.15, 0.2) is 43.0 Å². The first-order valence-corrected chi connectivity index (χ1v) is 7.99. The Morgan fingerprint density at radius 3 is 2.83 bits per heavy atom. The van der Waals surface area contributed by atoms with Gasteiger partial charge in [-0.3, -0.25) is 9.59 Å². The monoisotopic (exact) mass is 326 g/mol. The predicted octanol–water partition coefficient (Wildman–Crippen LogP) is 1.02. The topological polar surface area (TPSA) is 76.5 Å². The van der Waals surface area contributed by atoms with Crippen molar-refractivity contribution in [3.63, 3.8) is 0 Å². The molecule has 1 saturated heterocycles. The molecule has 1 N–H and O–H groups in total. The van der Waals surface area contributed by atoms with Crippen molar-refractivity contribution in [3.8, 4) is 5.75 Å². The molecule has 1 aromatic carbocycles. The van der Waals surface area contributed by atoms with Gasteiger partial charge in [0.25, 0.3) is 5.91 Å². The number of imidazole rings is 1. The van der Waals surface area contributed by atoms with Gasteiger partial charge in [-0.05, 0) is 12.1 Å². The van der Waals surface area contributed by atoms with E-state index < -0.39 is 5.72 Å². The number of para-hydroxylation sites is 1. The van der Waals surface area contributed by atoms with Gasteiger partial charge in [0.2, 0.25) is 5.91 Å². The molecule has 1 fully saturated rings. The summed E-state index contributed by atoms with van der Waals surface area (Å²) in [5.74, 6) is 0.542. The molecule has 0 saturated carbocycles. The number of hydrogen-bond donors (Lipinski definition) is 1. The van der Waals surface area contributed by atoms with E-state index in [-0.39, 0.29) is 18.4 Å². The molecule has 1 aromatic heterocycles. The Kier molecular flexibility index (Phi) is 3.48. The number of amides is 2. The molecule has 7 nitrogen and oxygen atoms in total. The lowest BCUT2D eigenvalue weighted by Crippen LogP contribution is -2.61. The second-order valence-corrected chi connectivity index (χ2v) is 6.16. The zero-order valence-corrected chi connectivity index (χ0v) is 13.1. The van der Waals surface area contributed by atoms with Crippen LogP contribution in [0.4, 0.5) is 0 Å². The summed E-state index contributed by atoms with van der Waals surface area (Å²) in [5, 5.41) is 2.98. The second kappa shape index (κ2) is 5.67. The van der Waals surface area contributed by atoms with E-state index in [1.807, 2.05) is 18.2 Å². The Morgan fingerprint density at radius 1 is 1.29 bits per heavy atom. The first-order chi connectivity index (χ1) is 11.7. The molecule has 7 heteroatoms. The van der Waals surface area contributed by atoms with Crippen molar-refractivity contribution in [3.05, 3.63) is 48.5 Å². The minimum atomic E-state index is -0.711. The van der Waals surface area contributed by atoms with Gasteiger partial charge >= 0.3 is 0 Å². The molecular formula is C17H18N4O3. The summed E-state index contributed by atoms with van der Waals surface area (Å²) in [6.07, 6.45) is 6.20. The number of fused-ring (bicyclic) bond motifs is 1. The zero-order valence-electron chi connectivity index (χ0n) is 13.1. The van der Waals surface area contributed by atoms with Crippen molar-refractivity contribution < 1.29 is 14.3 Å². The van der Waals surface area contributed by atoms with Gasteiger partial charge in [-0.1, -0.05) is 12.1 Å². The lowest BCUT2D eigenvalue weighted by atomic mass is 9.97. The summed E-state index contributed by atoms with van der Waals surface area (Å²) in [6.45, 7) is 1.38.